The number of amides is 2. The number of hydrogen-bond donors (Lipinski definition) is 1. The first-order valence-corrected chi connectivity index (χ1v) is 16.4. The Labute approximate surface area is 250 Å². The van der Waals surface area contributed by atoms with Crippen molar-refractivity contribution in [3.05, 3.63) is 88.4 Å². The summed E-state index contributed by atoms with van der Waals surface area (Å²) in [6.07, 6.45) is 1.92. The van der Waals surface area contributed by atoms with Crippen molar-refractivity contribution in [2.75, 3.05) is 23.7 Å². The molecule has 0 heterocycles. The van der Waals surface area contributed by atoms with E-state index in [4.69, 9.17) is 0 Å². The van der Waals surface area contributed by atoms with Crippen LogP contribution in [0.2, 0.25) is 0 Å². The van der Waals surface area contributed by atoms with E-state index in [2.05, 4.69) is 21.2 Å². The molecule has 1 unspecified atom stereocenters. The average molecular weight is 647 g/mol. The van der Waals surface area contributed by atoms with Gasteiger partial charge in [-0.05, 0) is 80.1 Å². The van der Waals surface area contributed by atoms with Gasteiger partial charge in [0.1, 0.15) is 12.6 Å². The number of halogens is 1. The van der Waals surface area contributed by atoms with Gasteiger partial charge in [0.05, 0.1) is 10.6 Å². The van der Waals surface area contributed by atoms with Crippen molar-refractivity contribution in [2.24, 2.45) is 5.92 Å². The van der Waals surface area contributed by atoms with E-state index in [1.54, 1.807) is 55.5 Å². The summed E-state index contributed by atoms with van der Waals surface area (Å²) in [7, 11) is -4.10. The quantitative estimate of drug-likeness (QED) is 0.249. The van der Waals surface area contributed by atoms with Crippen molar-refractivity contribution in [3.63, 3.8) is 0 Å². The predicted octanol–water partition coefficient (Wildman–Crippen LogP) is 5.86. The monoisotopic (exact) mass is 645 g/mol. The van der Waals surface area contributed by atoms with Crippen molar-refractivity contribution >= 4 is 55.2 Å². The Balaban J connectivity index is 2.01. The first-order chi connectivity index (χ1) is 18.9. The molecule has 0 bridgehead atoms. The predicted molar refractivity (Wildman–Crippen MR) is 166 cm³/mol. The molecular formula is C30H36BrN3O4S2. The van der Waals surface area contributed by atoms with Crippen LogP contribution in [-0.2, 0) is 26.2 Å². The van der Waals surface area contributed by atoms with E-state index in [-0.39, 0.29) is 23.3 Å². The Morgan fingerprint density at radius 3 is 2.20 bits per heavy atom. The van der Waals surface area contributed by atoms with Crippen LogP contribution >= 0.6 is 27.7 Å². The lowest BCUT2D eigenvalue weighted by atomic mass is 10.1. The number of aryl methyl sites for hydroxylation is 1. The van der Waals surface area contributed by atoms with E-state index >= 15 is 0 Å². The fraction of sp³-hybridized carbons (Fsp3) is 0.333. The third-order valence-electron chi connectivity index (χ3n) is 6.34. The van der Waals surface area contributed by atoms with Crippen LogP contribution in [0.25, 0.3) is 0 Å². The molecule has 0 radical (unpaired) electrons. The van der Waals surface area contributed by atoms with E-state index < -0.39 is 28.5 Å². The number of rotatable bonds is 12. The van der Waals surface area contributed by atoms with Gasteiger partial charge in [-0.25, -0.2) is 8.42 Å². The fourth-order valence-electron chi connectivity index (χ4n) is 3.98. The highest BCUT2D eigenvalue weighted by Crippen LogP contribution is 2.26. The largest absolute Gasteiger partial charge is 0.354 e. The Bertz CT molecular complexity index is 1410. The molecule has 0 fully saturated rings. The second-order valence-electron chi connectivity index (χ2n) is 9.99. The van der Waals surface area contributed by atoms with E-state index in [1.807, 2.05) is 51.3 Å². The van der Waals surface area contributed by atoms with Gasteiger partial charge in [-0.15, -0.1) is 11.8 Å². The maximum atomic E-state index is 14.0. The summed E-state index contributed by atoms with van der Waals surface area (Å²) in [6.45, 7) is 7.70. The Hall–Kier alpha value is -2.82. The highest BCUT2D eigenvalue weighted by Gasteiger charge is 2.32. The van der Waals surface area contributed by atoms with Gasteiger partial charge in [-0.1, -0.05) is 59.6 Å². The highest BCUT2D eigenvalue weighted by molar-refractivity contribution is 9.10. The fourth-order valence-corrected chi connectivity index (χ4v) is 6.25. The summed E-state index contributed by atoms with van der Waals surface area (Å²) >= 11 is 4.97. The lowest BCUT2D eigenvalue weighted by molar-refractivity contribution is -0.139. The molecule has 3 aromatic rings. The van der Waals surface area contributed by atoms with Gasteiger partial charge in [0.25, 0.3) is 10.0 Å². The molecule has 7 nitrogen and oxygen atoms in total. The molecule has 0 aliphatic heterocycles. The summed E-state index contributed by atoms with van der Waals surface area (Å²) in [6, 6.07) is 20.2. The molecule has 0 spiro atoms. The van der Waals surface area contributed by atoms with Crippen LogP contribution in [0, 0.1) is 12.8 Å². The zero-order valence-corrected chi connectivity index (χ0v) is 26.6. The van der Waals surface area contributed by atoms with Crippen LogP contribution < -0.4 is 9.62 Å². The number of carbonyl (C=O) groups excluding carboxylic acids is 2. The summed E-state index contributed by atoms with van der Waals surface area (Å²) in [5.41, 5.74) is 2.14. The number of sulfonamides is 1. The molecule has 40 heavy (non-hydrogen) atoms. The van der Waals surface area contributed by atoms with E-state index in [1.165, 1.54) is 16.7 Å². The Morgan fingerprint density at radius 1 is 0.975 bits per heavy atom. The Kier molecular flexibility index (Phi) is 11.2. The molecule has 0 saturated heterocycles. The van der Waals surface area contributed by atoms with Gasteiger partial charge in [-0.2, -0.15) is 0 Å². The van der Waals surface area contributed by atoms with Gasteiger partial charge >= 0.3 is 0 Å². The van der Waals surface area contributed by atoms with Crippen LogP contribution in [0.4, 0.5) is 5.69 Å². The van der Waals surface area contributed by atoms with Crippen molar-refractivity contribution < 1.29 is 18.0 Å². The normalized spacial score (nSPS) is 12.2. The van der Waals surface area contributed by atoms with Gasteiger partial charge in [0.15, 0.2) is 0 Å². The topological polar surface area (TPSA) is 86.8 Å². The number of hydrogen-bond acceptors (Lipinski definition) is 5. The zero-order valence-electron chi connectivity index (χ0n) is 23.4. The maximum Gasteiger partial charge on any atom is 0.264 e. The number of anilines is 1. The smallest absolute Gasteiger partial charge is 0.264 e. The molecule has 0 aliphatic rings. The lowest BCUT2D eigenvalue weighted by Crippen LogP contribution is -2.51. The van der Waals surface area contributed by atoms with E-state index in [9.17, 15) is 18.0 Å². The number of thioether (sulfide) groups is 1. The van der Waals surface area contributed by atoms with Crippen LogP contribution in [0.3, 0.4) is 0 Å². The molecule has 0 aliphatic carbocycles. The van der Waals surface area contributed by atoms with Crippen LogP contribution in [-0.4, -0.2) is 50.5 Å². The van der Waals surface area contributed by atoms with Crippen molar-refractivity contribution in [2.45, 2.75) is 50.1 Å². The van der Waals surface area contributed by atoms with Gasteiger partial charge in [0, 0.05) is 22.5 Å². The minimum atomic E-state index is -4.10. The number of benzene rings is 3. The van der Waals surface area contributed by atoms with Crippen molar-refractivity contribution in [3.8, 4) is 0 Å². The van der Waals surface area contributed by atoms with Crippen molar-refractivity contribution in [1.82, 2.24) is 10.2 Å². The molecule has 3 rings (SSSR count). The molecule has 1 N–H and O–H groups in total. The molecule has 214 valence electrons. The molecule has 2 amide bonds. The Morgan fingerprint density at radius 2 is 1.62 bits per heavy atom. The second kappa shape index (κ2) is 14.2. The van der Waals surface area contributed by atoms with E-state index in [0.29, 0.717) is 12.2 Å². The molecule has 0 saturated carbocycles. The third kappa shape index (κ3) is 8.34. The van der Waals surface area contributed by atoms with Crippen LogP contribution in [0.1, 0.15) is 31.9 Å². The summed E-state index contributed by atoms with van der Waals surface area (Å²) < 4.78 is 29.8. The average Bonchev–Trinajstić information content (AvgIpc) is 2.93. The standard InChI is InChI=1S/C30H36BrN3O4S2/c1-21(2)18-32-30(36)23(4)33(19-24-7-6-8-25(31)17-24)29(35)20-34(26-11-9-22(3)10-12-26)40(37,38)28-15-13-27(39-5)14-16-28/h6-17,21,23H,18-20H2,1-5H3,(H,32,36). The molecule has 3 aromatic carbocycles. The van der Waals surface area contributed by atoms with E-state index in [0.717, 1.165) is 24.8 Å². The molecule has 10 heteroatoms. The van der Waals surface area contributed by atoms with Gasteiger partial charge in [0.2, 0.25) is 11.8 Å². The third-order valence-corrected chi connectivity index (χ3v) is 9.37. The highest BCUT2D eigenvalue weighted by atomic mass is 79.9. The first-order valence-electron chi connectivity index (χ1n) is 13.0. The SMILES string of the molecule is CSc1ccc(S(=O)(=O)N(CC(=O)N(Cc2cccc(Br)c2)C(C)C(=O)NCC(C)C)c2ccc(C)cc2)cc1. The second-order valence-corrected chi connectivity index (χ2v) is 13.6. The summed E-state index contributed by atoms with van der Waals surface area (Å²) in [5, 5.41) is 2.90. The van der Waals surface area contributed by atoms with Gasteiger partial charge < -0.3 is 10.2 Å². The van der Waals surface area contributed by atoms with Gasteiger partial charge in [-0.3, -0.25) is 13.9 Å². The number of nitrogens with zero attached hydrogens (tertiary/aromatic N) is 2. The molecule has 0 aromatic heterocycles. The van der Waals surface area contributed by atoms with Crippen LogP contribution in [0.15, 0.2) is 87.1 Å². The molecule has 1 atom stereocenters. The maximum absolute atomic E-state index is 14.0. The summed E-state index contributed by atoms with van der Waals surface area (Å²) in [5.74, 6) is -0.545. The van der Waals surface area contributed by atoms with Crippen molar-refractivity contribution in [1.29, 1.82) is 0 Å². The number of nitrogens with one attached hydrogen (secondary N) is 1. The minimum absolute atomic E-state index is 0.0833. The first kappa shape index (κ1) is 31.7. The number of carbonyl (C=O) groups is 2. The lowest BCUT2D eigenvalue weighted by Gasteiger charge is -2.32. The molecular weight excluding hydrogens is 610 g/mol. The minimum Gasteiger partial charge on any atom is -0.354 e. The summed E-state index contributed by atoms with van der Waals surface area (Å²) in [4.78, 5) is 29.5. The zero-order chi connectivity index (χ0) is 29.4. The van der Waals surface area contributed by atoms with Crippen LogP contribution in [0.5, 0.6) is 0 Å².